The normalized spacial score (nSPS) is 38.3. The Hall–Kier alpha value is -1.10. The molecule has 5 heteroatoms. The highest BCUT2D eigenvalue weighted by atomic mass is 16.4. The highest BCUT2D eigenvalue weighted by molar-refractivity contribution is 5.73. The van der Waals surface area contributed by atoms with Gasteiger partial charge in [0.1, 0.15) is 0 Å². The number of rotatable bonds is 5. The van der Waals surface area contributed by atoms with E-state index < -0.39 is 11.9 Å². The number of hydrogen-bond donors (Lipinski definition) is 2. The van der Waals surface area contributed by atoms with Crippen LogP contribution in [0, 0.1) is 17.8 Å². The zero-order valence-electron chi connectivity index (χ0n) is 10.9. The lowest BCUT2D eigenvalue weighted by Crippen LogP contribution is -2.72. The summed E-state index contributed by atoms with van der Waals surface area (Å²) >= 11 is 0. The quantitative estimate of drug-likeness (QED) is 0.773. The minimum Gasteiger partial charge on any atom is -0.480 e. The van der Waals surface area contributed by atoms with E-state index in [1.807, 2.05) is 0 Å². The Balaban J connectivity index is 2.23. The van der Waals surface area contributed by atoms with Crippen LogP contribution in [0.2, 0.25) is 0 Å². The predicted octanol–water partition coefficient (Wildman–Crippen LogP) is 1.28. The molecule has 3 aliphatic rings. The van der Waals surface area contributed by atoms with Gasteiger partial charge in [0.2, 0.25) is 0 Å². The molecule has 0 amide bonds. The Morgan fingerprint density at radius 3 is 2.06 bits per heavy atom. The van der Waals surface area contributed by atoms with Gasteiger partial charge < -0.3 is 10.2 Å². The number of carboxylic acids is 2. The van der Waals surface area contributed by atoms with Crippen LogP contribution in [0.3, 0.4) is 0 Å². The van der Waals surface area contributed by atoms with Crippen LogP contribution in [0.15, 0.2) is 0 Å². The van der Waals surface area contributed by atoms with Crippen molar-refractivity contribution in [1.82, 2.24) is 4.90 Å². The topological polar surface area (TPSA) is 77.8 Å². The summed E-state index contributed by atoms with van der Waals surface area (Å²) in [4.78, 5) is 23.6. The largest absolute Gasteiger partial charge is 0.480 e. The van der Waals surface area contributed by atoms with Crippen molar-refractivity contribution >= 4 is 11.9 Å². The van der Waals surface area contributed by atoms with Gasteiger partial charge in [0.05, 0.1) is 13.1 Å². The summed E-state index contributed by atoms with van der Waals surface area (Å²) < 4.78 is 0. The maximum Gasteiger partial charge on any atom is 0.317 e. The number of nitrogens with zero attached hydrogens (tertiary/aromatic N) is 1. The Bertz CT molecular complexity index is 342. The molecule has 1 unspecified atom stereocenters. The van der Waals surface area contributed by atoms with E-state index >= 15 is 0 Å². The molecule has 0 aromatic rings. The van der Waals surface area contributed by atoms with E-state index in [-0.39, 0.29) is 18.6 Å². The second-order valence-electron chi connectivity index (χ2n) is 5.77. The van der Waals surface area contributed by atoms with Crippen molar-refractivity contribution in [3.05, 3.63) is 0 Å². The number of aliphatic carboxylic acids is 2. The fraction of sp³-hybridized carbons (Fsp3) is 0.846. The van der Waals surface area contributed by atoms with Gasteiger partial charge in [-0.3, -0.25) is 14.5 Å². The predicted molar refractivity (Wildman–Crippen MR) is 65.2 cm³/mol. The lowest BCUT2D eigenvalue weighted by molar-refractivity contribution is -0.185. The molecule has 0 aliphatic heterocycles. The molecule has 0 heterocycles. The molecule has 0 radical (unpaired) electrons. The molecule has 2 N–H and O–H groups in total. The SMILES string of the molecule is CC1[C@H]2CCC[C@@]1(N(CC(=O)O)CC(=O)O)[C@H]2C. The van der Waals surface area contributed by atoms with E-state index in [0.717, 1.165) is 12.8 Å². The third kappa shape index (κ3) is 1.81. The monoisotopic (exact) mass is 255 g/mol. The molecule has 102 valence electrons. The fourth-order valence-electron chi connectivity index (χ4n) is 4.46. The number of carboxylic acid groups (broad SMARTS) is 2. The number of hydrogen-bond acceptors (Lipinski definition) is 3. The fourth-order valence-corrected chi connectivity index (χ4v) is 4.46. The molecule has 2 bridgehead atoms. The third-order valence-electron chi connectivity index (χ3n) is 5.22. The van der Waals surface area contributed by atoms with Gasteiger partial charge in [-0.15, -0.1) is 0 Å². The summed E-state index contributed by atoms with van der Waals surface area (Å²) in [6, 6.07) is 0. The molecule has 5 nitrogen and oxygen atoms in total. The molecule has 3 fully saturated rings. The van der Waals surface area contributed by atoms with Gasteiger partial charge in [0.15, 0.2) is 0 Å². The van der Waals surface area contributed by atoms with Crippen LogP contribution in [-0.2, 0) is 9.59 Å². The van der Waals surface area contributed by atoms with E-state index in [1.165, 1.54) is 6.42 Å². The first-order valence-corrected chi connectivity index (χ1v) is 6.58. The summed E-state index contributed by atoms with van der Waals surface area (Å²) in [7, 11) is 0. The molecule has 4 atom stereocenters. The van der Waals surface area contributed by atoms with Crippen molar-refractivity contribution in [2.24, 2.45) is 17.8 Å². The van der Waals surface area contributed by atoms with Gasteiger partial charge in [-0.2, -0.15) is 0 Å². The summed E-state index contributed by atoms with van der Waals surface area (Å²) in [6.07, 6.45) is 3.19. The molecule has 0 spiro atoms. The van der Waals surface area contributed by atoms with E-state index in [0.29, 0.717) is 17.8 Å². The smallest absolute Gasteiger partial charge is 0.317 e. The Morgan fingerprint density at radius 2 is 1.67 bits per heavy atom. The van der Waals surface area contributed by atoms with Gasteiger partial charge >= 0.3 is 11.9 Å². The molecule has 0 saturated heterocycles. The van der Waals surface area contributed by atoms with Crippen LogP contribution < -0.4 is 0 Å². The van der Waals surface area contributed by atoms with Gasteiger partial charge in [0, 0.05) is 5.54 Å². The van der Waals surface area contributed by atoms with Crippen LogP contribution in [-0.4, -0.2) is 45.7 Å². The molecule has 18 heavy (non-hydrogen) atoms. The zero-order chi connectivity index (χ0) is 13.5. The summed E-state index contributed by atoms with van der Waals surface area (Å²) in [5.74, 6) is -0.457. The Morgan fingerprint density at radius 1 is 1.17 bits per heavy atom. The Labute approximate surface area is 107 Å². The van der Waals surface area contributed by atoms with Crippen molar-refractivity contribution in [1.29, 1.82) is 0 Å². The molecule has 3 aliphatic carbocycles. The average Bonchev–Trinajstić information content (AvgIpc) is 2.28. The van der Waals surface area contributed by atoms with E-state index in [9.17, 15) is 9.59 Å². The van der Waals surface area contributed by atoms with Crippen molar-refractivity contribution in [2.75, 3.05) is 13.1 Å². The van der Waals surface area contributed by atoms with Crippen LogP contribution in [0.25, 0.3) is 0 Å². The van der Waals surface area contributed by atoms with Crippen LogP contribution in [0.5, 0.6) is 0 Å². The van der Waals surface area contributed by atoms with Crippen molar-refractivity contribution < 1.29 is 19.8 Å². The lowest BCUT2D eigenvalue weighted by atomic mass is 9.46. The molecule has 0 aromatic heterocycles. The average molecular weight is 255 g/mol. The van der Waals surface area contributed by atoms with E-state index in [4.69, 9.17) is 10.2 Å². The second-order valence-corrected chi connectivity index (χ2v) is 5.77. The highest BCUT2D eigenvalue weighted by Gasteiger charge is 2.62. The van der Waals surface area contributed by atoms with Gasteiger partial charge in [-0.25, -0.2) is 0 Å². The van der Waals surface area contributed by atoms with Gasteiger partial charge in [-0.1, -0.05) is 20.3 Å². The van der Waals surface area contributed by atoms with Crippen LogP contribution in [0.4, 0.5) is 0 Å². The number of fused-ring (bicyclic) bond motifs is 2. The maximum atomic E-state index is 11.0. The molecule has 3 saturated carbocycles. The van der Waals surface area contributed by atoms with Crippen molar-refractivity contribution in [2.45, 2.75) is 38.6 Å². The van der Waals surface area contributed by atoms with Crippen LogP contribution in [0.1, 0.15) is 33.1 Å². The minimum absolute atomic E-state index is 0.173. The lowest BCUT2D eigenvalue weighted by Gasteiger charge is -2.67. The first-order chi connectivity index (χ1) is 8.39. The molecular weight excluding hydrogens is 234 g/mol. The van der Waals surface area contributed by atoms with Crippen LogP contribution >= 0.6 is 0 Å². The Kier molecular flexibility index (Phi) is 3.36. The maximum absolute atomic E-state index is 11.0. The summed E-state index contributed by atoms with van der Waals surface area (Å²) in [5, 5.41) is 18.0. The van der Waals surface area contributed by atoms with Crippen molar-refractivity contribution in [3.63, 3.8) is 0 Å². The van der Waals surface area contributed by atoms with E-state index in [1.54, 1.807) is 4.90 Å². The zero-order valence-corrected chi connectivity index (χ0v) is 10.9. The summed E-state index contributed by atoms with van der Waals surface area (Å²) in [5.41, 5.74) is -0.209. The van der Waals surface area contributed by atoms with Crippen molar-refractivity contribution in [3.8, 4) is 0 Å². The molecular formula is C13H21NO4. The second kappa shape index (κ2) is 4.53. The highest BCUT2D eigenvalue weighted by Crippen LogP contribution is 2.60. The van der Waals surface area contributed by atoms with Gasteiger partial charge in [-0.05, 0) is 30.6 Å². The first-order valence-electron chi connectivity index (χ1n) is 6.58. The van der Waals surface area contributed by atoms with E-state index in [2.05, 4.69) is 13.8 Å². The first kappa shape index (κ1) is 13.3. The molecule has 0 aromatic carbocycles. The standard InChI is InChI=1S/C13H21NO4/c1-8-10-4-3-5-13(8,9(10)2)14(6-11(15)16)7-12(17)18/h8-10H,3-7H2,1-2H3,(H,15,16)(H,17,18)/t8-,9?,10-,13+/m0/s1. The van der Waals surface area contributed by atoms with Gasteiger partial charge in [0.25, 0.3) is 0 Å². The minimum atomic E-state index is -0.945. The molecule has 3 rings (SSSR count). The summed E-state index contributed by atoms with van der Waals surface area (Å²) in [6.45, 7) is 3.93. The number of carbonyl (C=O) groups is 2. The third-order valence-corrected chi connectivity index (χ3v) is 5.22.